The Morgan fingerprint density at radius 1 is 1.26 bits per heavy atom. The molecule has 0 aliphatic rings. The topological polar surface area (TPSA) is 41.6 Å². The summed E-state index contributed by atoms with van der Waals surface area (Å²) in [6.45, 7) is 9.71. The first-order valence-electron chi connectivity index (χ1n) is 6.68. The summed E-state index contributed by atoms with van der Waals surface area (Å²) in [7, 11) is 0. The maximum atomic E-state index is 12.0. The van der Waals surface area contributed by atoms with Crippen LogP contribution in [-0.2, 0) is 0 Å². The van der Waals surface area contributed by atoms with Gasteiger partial charge < -0.3 is 15.0 Å². The lowest BCUT2D eigenvalue weighted by atomic mass is 10.1. The zero-order valence-corrected chi connectivity index (χ0v) is 12.3. The highest BCUT2D eigenvalue weighted by Crippen LogP contribution is 2.12. The number of urea groups is 1. The van der Waals surface area contributed by atoms with Gasteiger partial charge in [0.25, 0.3) is 0 Å². The Bertz CT molecular complexity index is 385. The number of amides is 2. The van der Waals surface area contributed by atoms with Gasteiger partial charge >= 0.3 is 6.03 Å². The summed E-state index contributed by atoms with van der Waals surface area (Å²) in [5.41, 5.74) is -0.168. The highest BCUT2D eigenvalue weighted by atomic mass is 16.5. The molecule has 4 heteroatoms. The van der Waals surface area contributed by atoms with Crippen molar-refractivity contribution in [2.75, 3.05) is 19.7 Å². The van der Waals surface area contributed by atoms with Gasteiger partial charge in [0.1, 0.15) is 12.4 Å². The van der Waals surface area contributed by atoms with Gasteiger partial charge in [0.05, 0.1) is 6.54 Å². The van der Waals surface area contributed by atoms with Crippen molar-refractivity contribution in [1.29, 1.82) is 0 Å². The molecule has 0 aliphatic carbocycles. The lowest BCUT2D eigenvalue weighted by molar-refractivity contribution is 0.148. The van der Waals surface area contributed by atoms with Crippen molar-refractivity contribution >= 4 is 6.03 Å². The Hall–Kier alpha value is -1.71. The second-order valence-electron chi connectivity index (χ2n) is 5.31. The summed E-state index contributed by atoms with van der Waals surface area (Å²) >= 11 is 0. The molecular weight excluding hydrogens is 240 g/mol. The van der Waals surface area contributed by atoms with E-state index in [1.807, 2.05) is 58.0 Å². The molecule has 4 nitrogen and oxygen atoms in total. The minimum Gasteiger partial charge on any atom is -0.492 e. The molecule has 1 aromatic rings. The fourth-order valence-electron chi connectivity index (χ4n) is 1.86. The number of ether oxygens (including phenoxy) is 1. The third-order valence-corrected chi connectivity index (χ3v) is 2.76. The summed E-state index contributed by atoms with van der Waals surface area (Å²) in [5.74, 6) is 0.819. The van der Waals surface area contributed by atoms with Crippen LogP contribution < -0.4 is 10.1 Å². The molecule has 0 radical (unpaired) electrons. The zero-order valence-electron chi connectivity index (χ0n) is 12.3. The zero-order chi connectivity index (χ0) is 14.3. The summed E-state index contributed by atoms with van der Waals surface area (Å²) in [6.07, 6.45) is 0. The maximum Gasteiger partial charge on any atom is 0.317 e. The molecule has 1 rings (SSSR count). The number of nitrogens with zero attached hydrogens (tertiary/aromatic N) is 1. The Morgan fingerprint density at radius 2 is 1.89 bits per heavy atom. The Balaban J connectivity index is 2.31. The predicted octanol–water partition coefficient (Wildman–Crippen LogP) is 2.90. The first kappa shape index (κ1) is 15.3. The normalized spacial score (nSPS) is 10.9. The first-order chi connectivity index (χ1) is 8.95. The van der Waals surface area contributed by atoms with Crippen molar-refractivity contribution in [3.63, 3.8) is 0 Å². The predicted molar refractivity (Wildman–Crippen MR) is 77.5 cm³/mol. The number of hydrogen-bond donors (Lipinski definition) is 1. The summed E-state index contributed by atoms with van der Waals surface area (Å²) < 4.78 is 5.52. The minimum absolute atomic E-state index is 0.0494. The second-order valence-corrected chi connectivity index (χ2v) is 5.31. The Morgan fingerprint density at radius 3 is 2.42 bits per heavy atom. The van der Waals surface area contributed by atoms with Crippen LogP contribution in [0.3, 0.4) is 0 Å². The van der Waals surface area contributed by atoms with E-state index in [9.17, 15) is 4.79 Å². The smallest absolute Gasteiger partial charge is 0.317 e. The van der Waals surface area contributed by atoms with Crippen LogP contribution in [0.1, 0.15) is 27.7 Å². The van der Waals surface area contributed by atoms with E-state index >= 15 is 0 Å². The van der Waals surface area contributed by atoms with Crippen molar-refractivity contribution in [2.24, 2.45) is 0 Å². The third kappa shape index (κ3) is 5.20. The minimum atomic E-state index is -0.168. The summed E-state index contributed by atoms with van der Waals surface area (Å²) in [5, 5.41) is 2.87. The number of carbonyl (C=O) groups is 1. The Labute approximate surface area is 115 Å². The van der Waals surface area contributed by atoms with Crippen LogP contribution in [0.2, 0.25) is 0 Å². The monoisotopic (exact) mass is 264 g/mol. The average molecular weight is 264 g/mol. The molecule has 0 heterocycles. The van der Waals surface area contributed by atoms with Crippen LogP contribution in [0.4, 0.5) is 4.79 Å². The van der Waals surface area contributed by atoms with Crippen molar-refractivity contribution in [3.05, 3.63) is 30.3 Å². The van der Waals surface area contributed by atoms with Gasteiger partial charge in [-0.2, -0.15) is 0 Å². The van der Waals surface area contributed by atoms with Crippen molar-refractivity contribution in [1.82, 2.24) is 10.2 Å². The van der Waals surface area contributed by atoms with Crippen LogP contribution in [0.15, 0.2) is 30.3 Å². The molecule has 0 spiro atoms. The number of para-hydroxylation sites is 1. The van der Waals surface area contributed by atoms with E-state index in [0.29, 0.717) is 19.7 Å². The fourth-order valence-corrected chi connectivity index (χ4v) is 1.86. The molecule has 2 amide bonds. The quantitative estimate of drug-likeness (QED) is 0.831. The number of benzene rings is 1. The lowest BCUT2D eigenvalue weighted by Crippen LogP contribution is -2.50. The molecule has 0 bridgehead atoms. The van der Waals surface area contributed by atoms with Gasteiger partial charge in [0, 0.05) is 12.1 Å². The van der Waals surface area contributed by atoms with E-state index < -0.39 is 0 Å². The van der Waals surface area contributed by atoms with Gasteiger partial charge in [0.15, 0.2) is 0 Å². The van der Waals surface area contributed by atoms with E-state index in [4.69, 9.17) is 4.74 Å². The van der Waals surface area contributed by atoms with Gasteiger partial charge in [0.2, 0.25) is 0 Å². The van der Waals surface area contributed by atoms with E-state index in [2.05, 4.69) is 5.32 Å². The summed E-state index contributed by atoms with van der Waals surface area (Å²) in [6, 6.07) is 9.53. The van der Waals surface area contributed by atoms with E-state index in [-0.39, 0.29) is 11.6 Å². The summed E-state index contributed by atoms with van der Waals surface area (Å²) in [4.78, 5) is 13.8. The Kier molecular flexibility index (Phi) is 5.67. The van der Waals surface area contributed by atoms with E-state index in [1.165, 1.54) is 0 Å². The van der Waals surface area contributed by atoms with Crippen molar-refractivity contribution in [3.8, 4) is 5.75 Å². The number of carbonyl (C=O) groups excluding carboxylic acids is 1. The van der Waals surface area contributed by atoms with E-state index in [0.717, 1.165) is 5.75 Å². The maximum absolute atomic E-state index is 12.0. The van der Waals surface area contributed by atoms with Gasteiger partial charge in [-0.25, -0.2) is 4.79 Å². The first-order valence-corrected chi connectivity index (χ1v) is 6.68. The van der Waals surface area contributed by atoms with Crippen molar-refractivity contribution in [2.45, 2.75) is 33.2 Å². The molecule has 0 saturated heterocycles. The van der Waals surface area contributed by atoms with Gasteiger partial charge in [-0.1, -0.05) is 18.2 Å². The number of nitrogens with one attached hydrogen (secondary N) is 1. The van der Waals surface area contributed by atoms with E-state index in [1.54, 1.807) is 4.90 Å². The molecule has 1 N–H and O–H groups in total. The molecule has 106 valence electrons. The molecule has 19 heavy (non-hydrogen) atoms. The van der Waals surface area contributed by atoms with Crippen LogP contribution in [0.25, 0.3) is 0 Å². The van der Waals surface area contributed by atoms with Crippen LogP contribution in [0.5, 0.6) is 5.75 Å². The number of hydrogen-bond acceptors (Lipinski definition) is 2. The molecule has 1 aromatic carbocycles. The van der Waals surface area contributed by atoms with Gasteiger partial charge in [-0.15, -0.1) is 0 Å². The largest absolute Gasteiger partial charge is 0.492 e. The average Bonchev–Trinajstić information content (AvgIpc) is 2.35. The lowest BCUT2D eigenvalue weighted by Gasteiger charge is -2.34. The molecule has 0 unspecified atom stereocenters. The highest BCUT2D eigenvalue weighted by Gasteiger charge is 2.24. The SMILES string of the molecule is CCN(C(=O)NCCOc1ccccc1)C(C)(C)C. The van der Waals surface area contributed by atoms with Gasteiger partial charge in [-0.3, -0.25) is 0 Å². The third-order valence-electron chi connectivity index (χ3n) is 2.76. The van der Waals surface area contributed by atoms with Crippen LogP contribution in [-0.4, -0.2) is 36.2 Å². The second kappa shape index (κ2) is 7.02. The van der Waals surface area contributed by atoms with Crippen molar-refractivity contribution < 1.29 is 9.53 Å². The fraction of sp³-hybridized carbons (Fsp3) is 0.533. The molecule has 0 saturated carbocycles. The van der Waals surface area contributed by atoms with Crippen LogP contribution in [0, 0.1) is 0 Å². The molecular formula is C15H24N2O2. The molecule has 0 aromatic heterocycles. The molecule has 0 fully saturated rings. The molecule has 0 atom stereocenters. The highest BCUT2D eigenvalue weighted by molar-refractivity contribution is 5.74. The van der Waals surface area contributed by atoms with Crippen LogP contribution >= 0.6 is 0 Å². The molecule has 0 aliphatic heterocycles. The van der Waals surface area contributed by atoms with Gasteiger partial charge in [-0.05, 0) is 39.8 Å². The number of rotatable bonds is 5. The standard InChI is InChI=1S/C15H24N2O2/c1-5-17(15(2,3)4)14(18)16-11-12-19-13-9-7-6-8-10-13/h6-10H,5,11-12H2,1-4H3,(H,16,18).